The third-order valence-corrected chi connectivity index (χ3v) is 5.44. The highest BCUT2D eigenvalue weighted by molar-refractivity contribution is 5.95. The van der Waals surface area contributed by atoms with Gasteiger partial charge in [0.25, 0.3) is 11.5 Å². The molecule has 1 amide bonds. The summed E-state index contributed by atoms with van der Waals surface area (Å²) in [7, 11) is 1.83. The van der Waals surface area contributed by atoms with Gasteiger partial charge in [0.2, 0.25) is 0 Å². The Hall–Kier alpha value is -2.90. The third-order valence-electron chi connectivity index (χ3n) is 5.44. The first-order valence-corrected chi connectivity index (χ1v) is 8.77. The Labute approximate surface area is 150 Å². The van der Waals surface area contributed by atoms with Crippen molar-refractivity contribution in [1.29, 1.82) is 0 Å². The lowest BCUT2D eigenvalue weighted by Crippen LogP contribution is -2.31. The van der Waals surface area contributed by atoms with E-state index in [2.05, 4.69) is 15.2 Å². The number of hydrogen-bond donors (Lipinski definition) is 1. The Bertz CT molecular complexity index is 1070. The van der Waals surface area contributed by atoms with Crippen LogP contribution in [0.3, 0.4) is 0 Å². The Morgan fingerprint density at radius 1 is 1.31 bits per heavy atom. The summed E-state index contributed by atoms with van der Waals surface area (Å²) in [6.07, 6.45) is 3.40. The predicted molar refractivity (Wildman–Crippen MR) is 96.2 cm³/mol. The van der Waals surface area contributed by atoms with Crippen molar-refractivity contribution in [3.63, 3.8) is 0 Å². The first kappa shape index (κ1) is 16.6. The molecule has 4 rings (SSSR count). The maximum atomic E-state index is 13.0. The average Bonchev–Trinajstić information content (AvgIpc) is 3.32. The van der Waals surface area contributed by atoms with Crippen molar-refractivity contribution in [3.05, 3.63) is 50.8 Å². The fourth-order valence-corrected chi connectivity index (χ4v) is 3.60. The minimum atomic E-state index is -0.0993. The van der Waals surface area contributed by atoms with E-state index < -0.39 is 0 Å². The van der Waals surface area contributed by atoms with Crippen molar-refractivity contribution in [2.24, 2.45) is 7.05 Å². The molecule has 0 radical (unpaired) electrons. The molecule has 3 aromatic heterocycles. The lowest BCUT2D eigenvalue weighted by Gasteiger charge is -2.23. The van der Waals surface area contributed by atoms with E-state index in [-0.39, 0.29) is 17.5 Å². The molecule has 0 aliphatic carbocycles. The van der Waals surface area contributed by atoms with Crippen LogP contribution in [-0.4, -0.2) is 41.7 Å². The van der Waals surface area contributed by atoms with Gasteiger partial charge in [0.15, 0.2) is 5.65 Å². The molecular weight excluding hydrogens is 332 g/mol. The van der Waals surface area contributed by atoms with Gasteiger partial charge >= 0.3 is 0 Å². The minimum Gasteiger partial charge on any atom is -0.330 e. The van der Waals surface area contributed by atoms with Crippen LogP contribution in [0.25, 0.3) is 5.65 Å². The second-order valence-electron chi connectivity index (χ2n) is 6.96. The van der Waals surface area contributed by atoms with Crippen molar-refractivity contribution in [1.82, 2.24) is 29.3 Å². The zero-order valence-electron chi connectivity index (χ0n) is 15.4. The topological polar surface area (TPSA) is 88.3 Å². The van der Waals surface area contributed by atoms with Crippen LogP contribution in [0, 0.1) is 20.8 Å². The molecule has 3 aromatic rings. The highest BCUT2D eigenvalue weighted by Crippen LogP contribution is 2.33. The van der Waals surface area contributed by atoms with Gasteiger partial charge < -0.3 is 4.90 Å². The maximum absolute atomic E-state index is 13.0. The Morgan fingerprint density at radius 2 is 2.08 bits per heavy atom. The van der Waals surface area contributed by atoms with E-state index in [1.54, 1.807) is 17.8 Å². The molecule has 1 atom stereocenters. The van der Waals surface area contributed by atoms with Crippen molar-refractivity contribution in [2.45, 2.75) is 39.7 Å². The quantitative estimate of drug-likeness (QED) is 0.758. The fourth-order valence-electron chi connectivity index (χ4n) is 3.60. The lowest BCUT2D eigenvalue weighted by molar-refractivity contribution is 0.0732. The summed E-state index contributed by atoms with van der Waals surface area (Å²) in [5.41, 5.74) is 4.15. The Kier molecular flexibility index (Phi) is 3.71. The van der Waals surface area contributed by atoms with Gasteiger partial charge in [-0.15, -0.1) is 0 Å². The largest absolute Gasteiger partial charge is 0.330 e. The molecule has 1 N–H and O–H groups in total. The standard InChI is InChI=1S/C18H22N6O2/c1-10-11(2)20-16-8-14(21-24(16)17(10)25)15-6-5-7-23(15)18(26)13-9-19-22(4)12(13)3/h8-9,15,21H,5-7H2,1-4H3/t15-/m1/s1. The molecule has 0 bridgehead atoms. The number of carbonyl (C=O) groups excluding carboxylic acids is 1. The van der Waals surface area contributed by atoms with Crippen molar-refractivity contribution in [3.8, 4) is 0 Å². The van der Waals surface area contributed by atoms with Crippen molar-refractivity contribution < 1.29 is 4.79 Å². The number of fused-ring (bicyclic) bond motifs is 1. The first-order valence-electron chi connectivity index (χ1n) is 8.77. The number of nitrogens with zero attached hydrogens (tertiary/aromatic N) is 5. The number of aryl methyl sites for hydroxylation is 2. The molecule has 26 heavy (non-hydrogen) atoms. The van der Waals surface area contributed by atoms with Crippen LogP contribution in [0.4, 0.5) is 0 Å². The van der Waals surface area contributed by atoms with Crippen LogP contribution in [-0.2, 0) is 7.05 Å². The van der Waals surface area contributed by atoms with Crippen LogP contribution in [0.1, 0.15) is 51.9 Å². The molecular formula is C18H22N6O2. The third kappa shape index (κ3) is 2.36. The maximum Gasteiger partial charge on any atom is 0.275 e. The van der Waals surface area contributed by atoms with E-state index in [1.165, 1.54) is 4.52 Å². The molecule has 8 heteroatoms. The van der Waals surface area contributed by atoms with E-state index in [0.29, 0.717) is 23.3 Å². The van der Waals surface area contributed by atoms with Crippen molar-refractivity contribution >= 4 is 11.6 Å². The molecule has 4 heterocycles. The van der Waals surface area contributed by atoms with Crippen LogP contribution in [0.2, 0.25) is 0 Å². The van der Waals surface area contributed by atoms with Gasteiger partial charge in [-0.1, -0.05) is 0 Å². The number of rotatable bonds is 2. The van der Waals surface area contributed by atoms with E-state index >= 15 is 0 Å². The van der Waals surface area contributed by atoms with Crippen LogP contribution < -0.4 is 5.56 Å². The zero-order valence-corrected chi connectivity index (χ0v) is 15.4. The van der Waals surface area contributed by atoms with E-state index in [4.69, 9.17) is 0 Å². The Balaban J connectivity index is 1.74. The van der Waals surface area contributed by atoms with Gasteiger partial charge in [-0.05, 0) is 33.6 Å². The number of carbonyl (C=O) groups is 1. The summed E-state index contributed by atoms with van der Waals surface area (Å²) in [6, 6.07) is 1.78. The predicted octanol–water partition coefficient (Wildman–Crippen LogP) is 1.66. The molecule has 1 aliphatic heterocycles. The highest BCUT2D eigenvalue weighted by atomic mass is 16.2. The lowest BCUT2D eigenvalue weighted by atomic mass is 10.1. The normalized spacial score (nSPS) is 17.4. The number of amides is 1. The highest BCUT2D eigenvalue weighted by Gasteiger charge is 2.33. The van der Waals surface area contributed by atoms with Gasteiger partial charge in [0.1, 0.15) is 0 Å². The fraction of sp³-hybridized carbons (Fsp3) is 0.444. The van der Waals surface area contributed by atoms with E-state index in [9.17, 15) is 9.59 Å². The van der Waals surface area contributed by atoms with Crippen LogP contribution in [0.15, 0.2) is 17.1 Å². The van der Waals surface area contributed by atoms with Crippen LogP contribution >= 0.6 is 0 Å². The van der Waals surface area contributed by atoms with Gasteiger partial charge in [0.05, 0.1) is 23.5 Å². The molecule has 0 unspecified atom stereocenters. The molecule has 136 valence electrons. The molecule has 0 spiro atoms. The summed E-state index contributed by atoms with van der Waals surface area (Å²) >= 11 is 0. The first-order chi connectivity index (χ1) is 12.4. The Morgan fingerprint density at radius 3 is 2.77 bits per heavy atom. The number of aromatic nitrogens is 5. The molecule has 8 nitrogen and oxygen atoms in total. The minimum absolute atomic E-state index is 0.0237. The number of aromatic amines is 1. The molecule has 1 aliphatic rings. The summed E-state index contributed by atoms with van der Waals surface area (Å²) in [6.45, 7) is 6.19. The van der Waals surface area contributed by atoms with Gasteiger partial charge in [-0.25, -0.2) is 9.50 Å². The van der Waals surface area contributed by atoms with E-state index in [0.717, 1.165) is 29.9 Å². The molecule has 0 saturated carbocycles. The molecule has 0 aromatic carbocycles. The molecule has 1 fully saturated rings. The monoisotopic (exact) mass is 354 g/mol. The average molecular weight is 354 g/mol. The van der Waals surface area contributed by atoms with Crippen LogP contribution in [0.5, 0.6) is 0 Å². The zero-order chi connectivity index (χ0) is 18.6. The SMILES string of the molecule is Cc1nc2cc([C@H]3CCCN3C(=O)c3cnn(C)c3C)[nH]n2c(=O)c1C. The second-order valence-corrected chi connectivity index (χ2v) is 6.96. The van der Waals surface area contributed by atoms with Gasteiger partial charge in [0, 0.05) is 36.6 Å². The molecule has 1 saturated heterocycles. The number of H-pyrrole nitrogens is 1. The summed E-state index contributed by atoms with van der Waals surface area (Å²) in [4.78, 5) is 31.8. The van der Waals surface area contributed by atoms with E-state index in [1.807, 2.05) is 31.9 Å². The van der Waals surface area contributed by atoms with Crippen molar-refractivity contribution in [2.75, 3.05) is 6.54 Å². The smallest absolute Gasteiger partial charge is 0.275 e. The summed E-state index contributed by atoms with van der Waals surface area (Å²) < 4.78 is 3.17. The number of nitrogens with one attached hydrogen (secondary N) is 1. The number of hydrogen-bond acceptors (Lipinski definition) is 4. The summed E-state index contributed by atoms with van der Waals surface area (Å²) in [5.74, 6) is -0.0237. The summed E-state index contributed by atoms with van der Waals surface area (Å²) in [5, 5.41) is 7.34. The van der Waals surface area contributed by atoms with Gasteiger partial charge in [-0.3, -0.25) is 19.4 Å². The second kappa shape index (κ2) is 5.82. The van der Waals surface area contributed by atoms with Gasteiger partial charge in [-0.2, -0.15) is 5.10 Å². The number of likely N-dealkylation sites (tertiary alicyclic amines) is 1.